The number of Topliss-reactive ketones (excluding diaryl/α,β-unsaturated/α-hetero) is 1. The van der Waals surface area contributed by atoms with Crippen molar-refractivity contribution in [2.75, 3.05) is 6.61 Å². The van der Waals surface area contributed by atoms with Gasteiger partial charge in [0.25, 0.3) is 0 Å². The molecule has 3 aromatic rings. The molecule has 5 heteroatoms. The normalized spacial score (nSPS) is 19.6. The topological polar surface area (TPSA) is 44.8 Å². The van der Waals surface area contributed by atoms with Gasteiger partial charge in [0.05, 0.1) is 0 Å². The van der Waals surface area contributed by atoms with Gasteiger partial charge >= 0.3 is 228 Å². The Morgan fingerprint density at radius 3 is 2.30 bits per heavy atom. The van der Waals surface area contributed by atoms with Crippen molar-refractivity contribution in [2.24, 2.45) is 0 Å². The van der Waals surface area contributed by atoms with E-state index < -0.39 is 5.79 Å². The Morgan fingerprint density at radius 2 is 1.62 bits per heavy atom. The fourth-order valence-corrected chi connectivity index (χ4v) is 7.69. The van der Waals surface area contributed by atoms with Gasteiger partial charge in [-0.1, -0.05) is 0 Å². The number of rotatable bonds is 11. The van der Waals surface area contributed by atoms with Crippen LogP contribution in [0.25, 0.3) is 0 Å². The second-order valence-corrected chi connectivity index (χ2v) is 13.0. The monoisotopic (exact) mass is 566 g/mol. The van der Waals surface area contributed by atoms with Gasteiger partial charge in [-0.2, -0.15) is 0 Å². The molecule has 0 amide bonds. The summed E-state index contributed by atoms with van der Waals surface area (Å²) in [6.07, 6.45) is 1.56. The number of ether oxygens (including phenoxy) is 3. The zero-order chi connectivity index (χ0) is 26.4. The van der Waals surface area contributed by atoms with Crippen LogP contribution in [0.3, 0.4) is 0 Å². The van der Waals surface area contributed by atoms with Gasteiger partial charge in [0.2, 0.25) is 0 Å². The molecule has 1 aliphatic rings. The van der Waals surface area contributed by atoms with Crippen molar-refractivity contribution in [1.82, 2.24) is 0 Å². The first-order valence-electron chi connectivity index (χ1n) is 13.0. The average molecular weight is 566 g/mol. The van der Waals surface area contributed by atoms with E-state index in [1.807, 2.05) is 32.0 Å². The van der Waals surface area contributed by atoms with Crippen LogP contribution in [0.2, 0.25) is 0 Å². The number of carbonyl (C=O) groups is 1. The van der Waals surface area contributed by atoms with Gasteiger partial charge in [-0.25, -0.2) is 0 Å². The van der Waals surface area contributed by atoms with E-state index in [4.69, 9.17) is 14.2 Å². The Balaban J connectivity index is 1.52. The second-order valence-electron chi connectivity index (χ2n) is 10.3. The van der Waals surface area contributed by atoms with Gasteiger partial charge in [0.15, 0.2) is 0 Å². The molecule has 3 atom stereocenters. The van der Waals surface area contributed by atoms with E-state index in [9.17, 15) is 4.79 Å². The molecule has 0 saturated carbocycles. The van der Waals surface area contributed by atoms with Gasteiger partial charge in [-0.15, -0.1) is 0 Å². The van der Waals surface area contributed by atoms with E-state index in [1.54, 1.807) is 6.92 Å². The first kappa shape index (κ1) is 27.8. The minimum absolute atomic E-state index is 0.0634. The van der Waals surface area contributed by atoms with E-state index >= 15 is 0 Å². The van der Waals surface area contributed by atoms with Crippen molar-refractivity contribution in [3.63, 3.8) is 0 Å². The zero-order valence-electron chi connectivity index (χ0n) is 22.5. The Morgan fingerprint density at radius 1 is 0.973 bits per heavy atom. The molecule has 1 aliphatic heterocycles. The van der Waals surface area contributed by atoms with E-state index in [-0.39, 0.29) is 37.8 Å². The van der Waals surface area contributed by atoms with Crippen LogP contribution >= 0.6 is 0 Å². The van der Waals surface area contributed by atoms with Crippen LogP contribution in [0.4, 0.5) is 0 Å². The molecule has 0 aromatic heterocycles. The Kier molecular flexibility index (Phi) is 9.39. The molecule has 0 aliphatic carbocycles. The summed E-state index contributed by atoms with van der Waals surface area (Å²) in [5.74, 6) is -0.508. The quantitative estimate of drug-likeness (QED) is 0.208. The van der Waals surface area contributed by atoms with Crippen molar-refractivity contribution in [3.8, 4) is 0 Å². The summed E-state index contributed by atoms with van der Waals surface area (Å²) in [7, 11) is 0. The van der Waals surface area contributed by atoms with Gasteiger partial charge < -0.3 is 0 Å². The van der Waals surface area contributed by atoms with E-state index in [1.165, 1.54) is 15.6 Å². The third kappa shape index (κ3) is 7.63. The molecule has 4 nitrogen and oxygen atoms in total. The molecule has 0 radical (unpaired) electrons. The molecule has 1 fully saturated rings. The maximum absolute atomic E-state index is 12.7. The number of ketones is 1. The number of hydrogen-bond acceptors (Lipinski definition) is 4. The van der Waals surface area contributed by atoms with Crippen LogP contribution < -0.4 is 4.46 Å². The van der Waals surface area contributed by atoms with Crippen molar-refractivity contribution < 1.29 is 19.0 Å². The first-order chi connectivity index (χ1) is 17.7. The van der Waals surface area contributed by atoms with Gasteiger partial charge in [0.1, 0.15) is 0 Å². The number of benzene rings is 3. The van der Waals surface area contributed by atoms with E-state index in [0.29, 0.717) is 13.2 Å². The summed E-state index contributed by atoms with van der Waals surface area (Å²) in [4.78, 5) is 13.0. The summed E-state index contributed by atoms with van der Waals surface area (Å²) in [5, 5.41) is 0. The third-order valence-electron chi connectivity index (χ3n) is 6.62. The van der Waals surface area contributed by atoms with Crippen LogP contribution in [0.15, 0.2) is 72.8 Å². The van der Waals surface area contributed by atoms with Crippen LogP contribution in [0, 0.1) is 13.8 Å². The molecule has 3 aromatic carbocycles. The van der Waals surface area contributed by atoms with Gasteiger partial charge in [-0.3, -0.25) is 0 Å². The standard InChI is InChI=1S/C32H38O4Se/c1-22-18-23(2)31(24(3)33)27(19-22)30(37-26-14-10-7-11-15-26)17-16-28-29(36-32(4,5)35-28)21-34-20-25-12-8-6-9-13-25/h6-15,18-19,28-30H,16-17,20-21H2,1-5H3/t28-,29+,30?/m0/s1. The predicted molar refractivity (Wildman–Crippen MR) is 150 cm³/mol. The Labute approximate surface area is 227 Å². The summed E-state index contributed by atoms with van der Waals surface area (Å²) in [6, 6.07) is 25.2. The van der Waals surface area contributed by atoms with Crippen molar-refractivity contribution in [3.05, 3.63) is 101 Å². The van der Waals surface area contributed by atoms with Crippen molar-refractivity contribution >= 4 is 25.2 Å². The van der Waals surface area contributed by atoms with Crippen LogP contribution in [0.5, 0.6) is 0 Å². The molecular formula is C32H38O4Se. The fourth-order valence-electron chi connectivity index (χ4n) is 5.15. The number of hydrogen-bond donors (Lipinski definition) is 0. The van der Waals surface area contributed by atoms with Crippen LogP contribution in [-0.4, -0.2) is 45.3 Å². The fraction of sp³-hybridized carbons (Fsp3) is 0.406. The molecule has 1 saturated heterocycles. The maximum atomic E-state index is 12.7. The third-order valence-corrected chi connectivity index (χ3v) is 9.39. The molecule has 37 heavy (non-hydrogen) atoms. The molecule has 1 heterocycles. The average Bonchev–Trinajstić information content (AvgIpc) is 3.15. The van der Waals surface area contributed by atoms with Crippen LogP contribution in [0.1, 0.15) is 71.0 Å². The molecule has 4 rings (SSSR count). The zero-order valence-corrected chi connectivity index (χ0v) is 24.2. The first-order valence-corrected chi connectivity index (χ1v) is 14.9. The number of carbonyl (C=O) groups excluding carboxylic acids is 1. The summed E-state index contributed by atoms with van der Waals surface area (Å²) in [5.41, 5.74) is 5.45. The molecule has 0 N–H and O–H groups in total. The Bertz CT molecular complexity index is 1180. The van der Waals surface area contributed by atoms with Crippen LogP contribution in [-0.2, 0) is 20.8 Å². The SMILES string of the molecule is CC(=O)c1c(C)cc(C)cc1C(CC[C@@H]1OC(C)(C)O[C@@H]1COCc1ccccc1)[Se]c1ccccc1. The van der Waals surface area contributed by atoms with E-state index in [2.05, 4.69) is 68.4 Å². The predicted octanol–water partition coefficient (Wildman–Crippen LogP) is 6.09. The molecule has 0 bridgehead atoms. The molecular weight excluding hydrogens is 527 g/mol. The molecule has 1 unspecified atom stereocenters. The van der Waals surface area contributed by atoms with Crippen molar-refractivity contribution in [2.45, 2.75) is 76.9 Å². The summed E-state index contributed by atoms with van der Waals surface area (Å²) in [6.45, 7) is 10.8. The van der Waals surface area contributed by atoms with Crippen molar-refractivity contribution in [1.29, 1.82) is 0 Å². The second kappa shape index (κ2) is 12.5. The van der Waals surface area contributed by atoms with Gasteiger partial charge in [0, 0.05) is 0 Å². The van der Waals surface area contributed by atoms with E-state index in [0.717, 1.165) is 29.5 Å². The molecule has 196 valence electrons. The summed E-state index contributed by atoms with van der Waals surface area (Å²) < 4.78 is 20.0. The summed E-state index contributed by atoms with van der Waals surface area (Å²) >= 11 is 0.167. The minimum atomic E-state index is -0.643. The Hall–Kier alpha value is -2.27. The molecule has 0 spiro atoms. The number of aryl methyl sites for hydroxylation is 2. The van der Waals surface area contributed by atoms with Gasteiger partial charge in [-0.05, 0) is 0 Å².